The highest BCUT2D eigenvalue weighted by atomic mass is 16.6. The van der Waals surface area contributed by atoms with Crippen molar-refractivity contribution in [3.63, 3.8) is 0 Å². The molecular formula is C34H52N2O8. The first-order valence-corrected chi connectivity index (χ1v) is 16.4. The molecule has 10 nitrogen and oxygen atoms in total. The summed E-state index contributed by atoms with van der Waals surface area (Å²) in [6.07, 6.45) is 14.6. The first-order chi connectivity index (χ1) is 20.9. The summed E-state index contributed by atoms with van der Waals surface area (Å²) < 4.78 is 23.2. The van der Waals surface area contributed by atoms with Gasteiger partial charge in [-0.3, -0.25) is 14.4 Å². The van der Waals surface area contributed by atoms with Gasteiger partial charge in [0.25, 0.3) is 0 Å². The third-order valence-corrected chi connectivity index (χ3v) is 9.31. The average Bonchev–Trinajstić information content (AvgIpc) is 3.74. The quantitative estimate of drug-likeness (QED) is 0.138. The Morgan fingerprint density at radius 1 is 1.07 bits per heavy atom. The summed E-state index contributed by atoms with van der Waals surface area (Å²) in [5, 5.41) is 17.2. The second kappa shape index (κ2) is 15.7. The maximum absolute atomic E-state index is 12.7. The number of hydrogen-bond acceptors (Lipinski definition) is 8. The zero-order chi connectivity index (χ0) is 31.9. The number of epoxide rings is 1. The van der Waals surface area contributed by atoms with Crippen molar-refractivity contribution in [2.24, 2.45) is 5.92 Å². The van der Waals surface area contributed by atoms with Crippen molar-refractivity contribution in [3.8, 4) is 0 Å². The Hall–Kier alpha value is -2.53. The first kappa shape index (κ1) is 34.3. The fourth-order valence-electron chi connectivity index (χ4n) is 6.63. The van der Waals surface area contributed by atoms with Gasteiger partial charge in [0, 0.05) is 25.5 Å². The van der Waals surface area contributed by atoms with Crippen molar-refractivity contribution in [2.75, 3.05) is 6.61 Å². The predicted octanol–water partition coefficient (Wildman–Crippen LogP) is 3.81. The minimum Gasteiger partial charge on any atom is -0.459 e. The van der Waals surface area contributed by atoms with Crippen LogP contribution in [-0.4, -0.2) is 83.8 Å². The predicted molar refractivity (Wildman–Crippen MR) is 166 cm³/mol. The lowest BCUT2D eigenvalue weighted by Crippen LogP contribution is -2.51. The number of allylic oxidation sites excluding steroid dienone is 2. The van der Waals surface area contributed by atoms with Crippen molar-refractivity contribution in [1.82, 2.24) is 10.6 Å². The summed E-state index contributed by atoms with van der Waals surface area (Å²) in [7, 11) is 0. The van der Waals surface area contributed by atoms with Crippen LogP contribution in [0.5, 0.6) is 0 Å². The monoisotopic (exact) mass is 616 g/mol. The lowest BCUT2D eigenvalue weighted by Gasteiger charge is -2.39. The van der Waals surface area contributed by atoms with Crippen molar-refractivity contribution < 1.29 is 38.4 Å². The lowest BCUT2D eigenvalue weighted by molar-refractivity contribution is -0.146. The van der Waals surface area contributed by atoms with E-state index in [0.717, 1.165) is 37.7 Å². The SMILES string of the molecule is CC(=O)OC(C)/C=C\C(=O)NC1CC(C)C(C/C=C(C)/C=C/C2O[C@H](CC(=O)NC3CCCCC3)CC3(CO3)[C@@H]2O)OC1C. The summed E-state index contributed by atoms with van der Waals surface area (Å²) in [6, 6.07) is 0.140. The van der Waals surface area contributed by atoms with E-state index in [1.54, 1.807) is 13.0 Å². The first-order valence-electron chi connectivity index (χ1n) is 16.4. The normalized spacial score (nSPS) is 35.5. The third kappa shape index (κ3) is 9.99. The number of esters is 1. The standard InChI is InChI=1S/C34H52N2O8/c1-21(11-14-29-22(2)17-28(24(4)43-29)36-31(38)16-13-23(3)42-25(5)37)12-15-30-33(40)34(20-41-34)19-27(44-30)18-32(39)35-26-9-7-6-8-10-26/h11-13,15-16,22-24,26-30,33,40H,6-10,14,17-20H2,1-5H3,(H,35,39)(H,36,38)/b15-12+,16-13-,21-11+/t22?,23?,24?,27-,28?,29?,30?,33-,34?/m1/s1. The Kier molecular flexibility index (Phi) is 12.2. The second-order valence-electron chi connectivity index (χ2n) is 13.3. The van der Waals surface area contributed by atoms with Gasteiger partial charge in [-0.25, -0.2) is 0 Å². The summed E-state index contributed by atoms with van der Waals surface area (Å²) in [5.41, 5.74) is 0.402. The van der Waals surface area contributed by atoms with E-state index < -0.39 is 29.9 Å². The molecule has 3 heterocycles. The molecule has 0 aromatic carbocycles. The maximum atomic E-state index is 12.7. The molecule has 3 saturated heterocycles. The molecule has 9 atom stereocenters. The summed E-state index contributed by atoms with van der Waals surface area (Å²) in [5.74, 6) is -0.397. The fourth-order valence-corrected chi connectivity index (χ4v) is 6.63. The smallest absolute Gasteiger partial charge is 0.303 e. The van der Waals surface area contributed by atoms with E-state index >= 15 is 0 Å². The largest absolute Gasteiger partial charge is 0.459 e. The highest BCUT2D eigenvalue weighted by molar-refractivity contribution is 5.87. The number of nitrogens with one attached hydrogen (secondary N) is 2. The van der Waals surface area contributed by atoms with Crippen LogP contribution >= 0.6 is 0 Å². The van der Waals surface area contributed by atoms with Gasteiger partial charge in [-0.05, 0) is 58.4 Å². The number of aliphatic hydroxyl groups is 1. The molecule has 3 aliphatic heterocycles. The van der Waals surface area contributed by atoms with Crippen LogP contribution < -0.4 is 10.6 Å². The zero-order valence-electron chi connectivity index (χ0n) is 27.0. The average molecular weight is 617 g/mol. The van der Waals surface area contributed by atoms with E-state index in [2.05, 4.69) is 23.6 Å². The Labute approximate surface area is 262 Å². The van der Waals surface area contributed by atoms with Gasteiger partial charge < -0.3 is 34.7 Å². The minimum atomic E-state index is -0.779. The number of rotatable bonds is 11. The zero-order valence-corrected chi connectivity index (χ0v) is 27.0. The van der Waals surface area contributed by atoms with Crippen LogP contribution in [0.2, 0.25) is 0 Å². The van der Waals surface area contributed by atoms with Gasteiger partial charge in [0.1, 0.15) is 23.9 Å². The van der Waals surface area contributed by atoms with Crippen LogP contribution in [-0.2, 0) is 33.3 Å². The van der Waals surface area contributed by atoms with Crippen LogP contribution in [0.1, 0.15) is 92.4 Å². The Balaban J connectivity index is 1.25. The van der Waals surface area contributed by atoms with E-state index in [-0.39, 0.29) is 54.5 Å². The van der Waals surface area contributed by atoms with E-state index in [1.807, 2.05) is 26.0 Å². The van der Waals surface area contributed by atoms with E-state index in [0.29, 0.717) is 19.4 Å². The van der Waals surface area contributed by atoms with Gasteiger partial charge in [-0.2, -0.15) is 0 Å². The Bertz CT molecular complexity index is 1090. The second-order valence-corrected chi connectivity index (χ2v) is 13.3. The third-order valence-electron chi connectivity index (χ3n) is 9.31. The molecule has 7 unspecified atom stereocenters. The fraction of sp³-hybridized carbons (Fsp3) is 0.735. The van der Waals surface area contributed by atoms with Crippen LogP contribution in [0, 0.1) is 5.92 Å². The highest BCUT2D eigenvalue weighted by Gasteiger charge is 2.58. The number of ether oxygens (including phenoxy) is 4. The molecule has 3 N–H and O–H groups in total. The van der Waals surface area contributed by atoms with Crippen molar-refractivity contribution in [1.29, 1.82) is 0 Å². The molecule has 0 aromatic heterocycles. The highest BCUT2D eigenvalue weighted by Crippen LogP contribution is 2.43. The number of hydrogen-bond donors (Lipinski definition) is 3. The topological polar surface area (TPSA) is 136 Å². The van der Waals surface area contributed by atoms with Crippen molar-refractivity contribution >= 4 is 17.8 Å². The van der Waals surface area contributed by atoms with Gasteiger partial charge in [-0.1, -0.05) is 50.0 Å². The molecule has 1 saturated carbocycles. The molecule has 4 fully saturated rings. The molecule has 4 aliphatic rings. The molecule has 2 amide bonds. The summed E-state index contributed by atoms with van der Waals surface area (Å²) in [6.45, 7) is 9.62. The molecule has 4 rings (SSSR count). The molecule has 1 spiro atoms. The Morgan fingerprint density at radius 2 is 1.80 bits per heavy atom. The molecule has 1 aliphatic carbocycles. The number of aliphatic hydroxyl groups excluding tert-OH is 1. The van der Waals surface area contributed by atoms with Crippen molar-refractivity contribution in [3.05, 3.63) is 36.0 Å². The van der Waals surface area contributed by atoms with Gasteiger partial charge >= 0.3 is 5.97 Å². The van der Waals surface area contributed by atoms with E-state index in [4.69, 9.17) is 18.9 Å². The molecule has 0 bridgehead atoms. The number of carbonyl (C=O) groups excluding carboxylic acids is 3. The number of amides is 2. The molecule has 246 valence electrons. The molecular weight excluding hydrogens is 564 g/mol. The molecule has 0 radical (unpaired) electrons. The van der Waals surface area contributed by atoms with Gasteiger partial charge in [0.15, 0.2) is 0 Å². The molecule has 10 heteroatoms. The minimum absolute atomic E-state index is 0.00717. The van der Waals surface area contributed by atoms with Crippen LogP contribution in [0.4, 0.5) is 0 Å². The van der Waals surface area contributed by atoms with Crippen LogP contribution in [0.3, 0.4) is 0 Å². The van der Waals surface area contributed by atoms with E-state index in [9.17, 15) is 19.5 Å². The summed E-state index contributed by atoms with van der Waals surface area (Å²) >= 11 is 0. The molecule has 44 heavy (non-hydrogen) atoms. The van der Waals surface area contributed by atoms with Gasteiger partial charge in [0.2, 0.25) is 11.8 Å². The Morgan fingerprint density at radius 3 is 2.48 bits per heavy atom. The van der Waals surface area contributed by atoms with Gasteiger partial charge in [0.05, 0.1) is 37.4 Å². The summed E-state index contributed by atoms with van der Waals surface area (Å²) in [4.78, 5) is 36.2. The van der Waals surface area contributed by atoms with Gasteiger partial charge in [-0.15, -0.1) is 0 Å². The van der Waals surface area contributed by atoms with Crippen LogP contribution in [0.25, 0.3) is 0 Å². The molecule has 0 aromatic rings. The lowest BCUT2D eigenvalue weighted by atomic mass is 9.87. The van der Waals surface area contributed by atoms with Crippen molar-refractivity contribution in [2.45, 2.75) is 147 Å². The van der Waals surface area contributed by atoms with Crippen LogP contribution in [0.15, 0.2) is 36.0 Å². The number of carbonyl (C=O) groups is 3. The van der Waals surface area contributed by atoms with E-state index in [1.165, 1.54) is 19.4 Å². The maximum Gasteiger partial charge on any atom is 0.303 e.